The van der Waals surface area contributed by atoms with Crippen LogP contribution in [0, 0.1) is 5.82 Å². The fourth-order valence-corrected chi connectivity index (χ4v) is 1.11. The molecule has 98 valence electrons. The zero-order chi connectivity index (χ0) is 13.8. The molecule has 0 amide bonds. The van der Waals surface area contributed by atoms with Crippen molar-refractivity contribution in [2.75, 3.05) is 5.73 Å². The van der Waals surface area contributed by atoms with E-state index >= 15 is 0 Å². The lowest BCUT2D eigenvalue weighted by molar-refractivity contribution is 0.381. The van der Waals surface area contributed by atoms with E-state index < -0.39 is 10.4 Å². The third kappa shape index (κ3) is 5.39. The molecule has 2 rings (SSSR count). The molecular weight excluding hydrogens is 265 g/mol. The number of anilines is 1. The molecule has 0 fully saturated rings. The van der Waals surface area contributed by atoms with Crippen LogP contribution in [0.3, 0.4) is 0 Å². The highest BCUT2D eigenvalue weighted by atomic mass is 32.3. The maximum Gasteiger partial charge on any atom is 0.394 e. The number of rotatable bonds is 1. The van der Waals surface area contributed by atoms with Gasteiger partial charge in [-0.3, -0.25) is 9.11 Å². The monoisotopic (exact) mass is 275 g/mol. The second-order valence-corrected chi connectivity index (χ2v) is 4.03. The van der Waals surface area contributed by atoms with Crippen molar-refractivity contribution >= 4 is 16.3 Å². The van der Waals surface area contributed by atoms with Crippen molar-refractivity contribution in [1.29, 1.82) is 0 Å². The van der Waals surface area contributed by atoms with Gasteiger partial charge in [-0.15, -0.1) is 0 Å². The minimum absolute atomic E-state index is 0.253. The summed E-state index contributed by atoms with van der Waals surface area (Å²) in [5, 5.41) is 0. The largest absolute Gasteiger partial charge is 0.394 e. The van der Waals surface area contributed by atoms with Gasteiger partial charge in [-0.05, 0) is 29.8 Å². The summed E-state index contributed by atoms with van der Waals surface area (Å²) < 4.78 is 44.1. The molecule has 0 aliphatic carbocycles. The second kappa shape index (κ2) is 5.58. The lowest BCUT2D eigenvalue weighted by Crippen LogP contribution is -1.89. The number of aromatic amines is 1. The molecule has 0 aliphatic rings. The first kappa shape index (κ1) is 14.1. The van der Waals surface area contributed by atoms with E-state index in [1.54, 1.807) is 18.3 Å². The summed E-state index contributed by atoms with van der Waals surface area (Å²) in [6, 6.07) is 6.13. The van der Waals surface area contributed by atoms with Crippen molar-refractivity contribution < 1.29 is 21.9 Å². The number of hydrogen-bond donors (Lipinski definition) is 4. The smallest absolute Gasteiger partial charge is 0.369 e. The van der Waals surface area contributed by atoms with Gasteiger partial charge in [-0.1, -0.05) is 0 Å². The number of imidazole rings is 1. The molecule has 0 spiro atoms. The minimum Gasteiger partial charge on any atom is -0.369 e. The van der Waals surface area contributed by atoms with Crippen LogP contribution >= 0.6 is 0 Å². The average Bonchev–Trinajstić information content (AvgIpc) is 2.63. The minimum atomic E-state index is -4.67. The molecule has 18 heavy (non-hydrogen) atoms. The van der Waals surface area contributed by atoms with E-state index in [1.807, 2.05) is 0 Å². The standard InChI is InChI=1S/C9H8FN3.H2O4S/c10-7-3-1-6(2-4-7)8-5-12-9(11)13-8;1-5(2,3)4/h1-5H,(H3,11,12,13);(H2,1,2,3,4). The molecule has 7 nitrogen and oxygen atoms in total. The van der Waals surface area contributed by atoms with E-state index in [4.69, 9.17) is 23.3 Å². The van der Waals surface area contributed by atoms with Gasteiger partial charge >= 0.3 is 10.4 Å². The fraction of sp³-hybridized carbons (Fsp3) is 0. The normalized spacial score (nSPS) is 10.6. The zero-order valence-corrected chi connectivity index (χ0v) is 9.72. The Morgan fingerprint density at radius 2 is 1.72 bits per heavy atom. The first-order valence-corrected chi connectivity index (χ1v) is 5.91. The van der Waals surface area contributed by atoms with E-state index in [0.29, 0.717) is 5.95 Å². The summed E-state index contributed by atoms with van der Waals surface area (Å²) in [7, 11) is -4.67. The Hall–Kier alpha value is -1.97. The molecule has 1 heterocycles. The van der Waals surface area contributed by atoms with Gasteiger partial charge in [0.1, 0.15) is 5.82 Å². The SMILES string of the molecule is Nc1ncc(-c2ccc(F)cc2)[nH]1.O=S(=O)(O)O. The predicted molar refractivity (Wildman–Crippen MR) is 62.6 cm³/mol. The summed E-state index contributed by atoms with van der Waals surface area (Å²) in [6.07, 6.45) is 1.61. The summed E-state index contributed by atoms with van der Waals surface area (Å²) in [5.74, 6) is 0.107. The molecule has 0 unspecified atom stereocenters. The van der Waals surface area contributed by atoms with Crippen LogP contribution in [0.4, 0.5) is 10.3 Å². The molecule has 1 aromatic heterocycles. The van der Waals surface area contributed by atoms with Crippen molar-refractivity contribution in [1.82, 2.24) is 9.97 Å². The van der Waals surface area contributed by atoms with Crippen LogP contribution in [-0.2, 0) is 10.4 Å². The van der Waals surface area contributed by atoms with Crippen molar-refractivity contribution in [3.63, 3.8) is 0 Å². The van der Waals surface area contributed by atoms with Gasteiger partial charge in [0, 0.05) is 0 Å². The Morgan fingerprint density at radius 1 is 1.22 bits per heavy atom. The van der Waals surface area contributed by atoms with Crippen LogP contribution in [-0.4, -0.2) is 27.5 Å². The first-order valence-electron chi connectivity index (χ1n) is 4.52. The van der Waals surface area contributed by atoms with Gasteiger partial charge in [-0.2, -0.15) is 8.42 Å². The Kier molecular flexibility index (Phi) is 4.37. The van der Waals surface area contributed by atoms with Gasteiger partial charge in [0.2, 0.25) is 0 Å². The molecule has 0 radical (unpaired) electrons. The Labute approximate surface area is 102 Å². The molecule has 0 atom stereocenters. The lowest BCUT2D eigenvalue weighted by atomic mass is 10.2. The maximum absolute atomic E-state index is 12.6. The summed E-state index contributed by atoms with van der Waals surface area (Å²) in [4.78, 5) is 6.70. The van der Waals surface area contributed by atoms with Crippen molar-refractivity contribution in [2.24, 2.45) is 0 Å². The number of hydrogen-bond acceptors (Lipinski definition) is 4. The van der Waals surface area contributed by atoms with E-state index in [2.05, 4.69) is 9.97 Å². The number of nitrogens with zero attached hydrogens (tertiary/aromatic N) is 1. The Bertz CT molecular complexity index is 601. The zero-order valence-electron chi connectivity index (χ0n) is 8.91. The summed E-state index contributed by atoms with van der Waals surface area (Å²) in [6.45, 7) is 0. The summed E-state index contributed by atoms with van der Waals surface area (Å²) >= 11 is 0. The van der Waals surface area contributed by atoms with Gasteiger partial charge in [-0.25, -0.2) is 9.37 Å². The number of nitrogens with two attached hydrogens (primary N) is 1. The number of nitrogen functional groups attached to an aromatic ring is 1. The van der Waals surface area contributed by atoms with Crippen LogP contribution in [0.2, 0.25) is 0 Å². The van der Waals surface area contributed by atoms with Crippen LogP contribution < -0.4 is 5.73 Å². The molecule has 5 N–H and O–H groups in total. The average molecular weight is 275 g/mol. The maximum atomic E-state index is 12.6. The van der Waals surface area contributed by atoms with E-state index in [0.717, 1.165) is 11.3 Å². The second-order valence-electron chi connectivity index (χ2n) is 3.14. The van der Waals surface area contributed by atoms with Crippen LogP contribution in [0.1, 0.15) is 0 Å². The fourth-order valence-electron chi connectivity index (χ4n) is 1.11. The van der Waals surface area contributed by atoms with Crippen LogP contribution in [0.15, 0.2) is 30.5 Å². The van der Waals surface area contributed by atoms with Crippen LogP contribution in [0.5, 0.6) is 0 Å². The highest BCUT2D eigenvalue weighted by molar-refractivity contribution is 7.79. The van der Waals surface area contributed by atoms with Crippen molar-refractivity contribution in [3.05, 3.63) is 36.3 Å². The number of nitrogens with one attached hydrogen (secondary N) is 1. The van der Waals surface area contributed by atoms with E-state index in [-0.39, 0.29) is 5.82 Å². The molecule has 1 aromatic carbocycles. The predicted octanol–water partition coefficient (Wildman–Crippen LogP) is 1.15. The molecule has 0 saturated carbocycles. The molecule has 9 heteroatoms. The third-order valence-corrected chi connectivity index (χ3v) is 1.75. The molecule has 0 saturated heterocycles. The highest BCUT2D eigenvalue weighted by Gasteiger charge is 2.00. The molecule has 0 bridgehead atoms. The quantitative estimate of drug-likeness (QED) is 0.577. The summed E-state index contributed by atoms with van der Waals surface area (Å²) in [5.41, 5.74) is 7.06. The molecular formula is C9H10FN3O4S. The van der Waals surface area contributed by atoms with Crippen molar-refractivity contribution in [2.45, 2.75) is 0 Å². The van der Waals surface area contributed by atoms with Gasteiger partial charge < -0.3 is 10.7 Å². The van der Waals surface area contributed by atoms with E-state index in [1.165, 1.54) is 12.1 Å². The van der Waals surface area contributed by atoms with Gasteiger partial charge in [0.05, 0.1) is 11.9 Å². The number of halogens is 1. The molecule has 0 aliphatic heterocycles. The van der Waals surface area contributed by atoms with Crippen molar-refractivity contribution in [3.8, 4) is 11.3 Å². The van der Waals surface area contributed by atoms with E-state index in [9.17, 15) is 4.39 Å². The number of benzene rings is 1. The Balaban J connectivity index is 0.000000280. The van der Waals surface area contributed by atoms with Gasteiger partial charge in [0.15, 0.2) is 5.95 Å². The molecule has 2 aromatic rings. The third-order valence-electron chi connectivity index (χ3n) is 1.75. The van der Waals surface area contributed by atoms with Gasteiger partial charge in [0.25, 0.3) is 0 Å². The number of H-pyrrole nitrogens is 1. The Morgan fingerprint density at radius 3 is 2.11 bits per heavy atom. The lowest BCUT2D eigenvalue weighted by Gasteiger charge is -1.95. The first-order chi connectivity index (χ1) is 8.25. The highest BCUT2D eigenvalue weighted by Crippen LogP contribution is 2.17. The topological polar surface area (TPSA) is 129 Å². The number of aromatic nitrogens is 2. The van der Waals surface area contributed by atoms with Crippen LogP contribution in [0.25, 0.3) is 11.3 Å².